The number of phosphoric acid groups is 6. The summed E-state index contributed by atoms with van der Waals surface area (Å²) in [7, 11) is -55.1. The molecule has 0 amide bonds. The van der Waals surface area contributed by atoms with Crippen molar-refractivity contribution in [1.29, 1.82) is 0 Å². The van der Waals surface area contributed by atoms with Crippen LogP contribution in [0.15, 0.2) is 0 Å². The Morgan fingerprint density at radius 2 is 0.316 bits per heavy atom. The fourth-order valence-corrected chi connectivity index (χ4v) is 4.93. The van der Waals surface area contributed by atoms with Crippen LogP contribution in [-0.2, 0) is 98.9 Å². The molecule has 0 saturated heterocycles. The van der Waals surface area contributed by atoms with Gasteiger partial charge in [0, 0.05) is 46.9 Å². The molecule has 0 radical (unpaired) electrons. The molecule has 0 aliphatic carbocycles. The molecule has 0 aliphatic heterocycles. The SMILES string of the molecule is O=[Si]([O-])OP(=O)([O-])[O-].O=[Si]([O-])OP(=O)([O-])[O-].O=[Si]([O-])OP(=O)([O-])[O-].O=[Si]([O-])OP(=O)([O-])[O-].O=[Si]([O-])OP(=O)([O-])[O-].O=[Si]([O-])OP(=O)([O-])[O-].[Ca+2].[Ca+2].[Ca+2].[Ca+2].[Ca+2].[Ca+2].[Ca+2].[Sr+2].[Zn+2]. The van der Waals surface area contributed by atoms with E-state index in [9.17, 15) is 142 Å². The van der Waals surface area contributed by atoms with Gasteiger partial charge in [-0.2, -0.15) is 0 Å². The van der Waals surface area contributed by atoms with Crippen LogP contribution in [0.3, 0.4) is 0 Å². The van der Waals surface area contributed by atoms with Crippen molar-refractivity contribution in [3.63, 3.8) is 0 Å². The van der Waals surface area contributed by atoms with E-state index in [0.29, 0.717) is 0 Å². The molecule has 0 aromatic rings. The molecule has 0 spiro atoms. The second-order valence-corrected chi connectivity index (χ2v) is 17.5. The van der Waals surface area contributed by atoms with Crippen LogP contribution < -0.4 is 87.5 Å². The molecule has 0 fully saturated rings. The largest absolute Gasteiger partial charge is 2.00 e. The van der Waals surface area contributed by atoms with Gasteiger partial charge >= 0.3 is 384 Å². The van der Waals surface area contributed by atoms with E-state index in [1.54, 1.807) is 0 Å². The minimum absolute atomic E-state index is 0. The zero-order valence-electron chi connectivity index (χ0n) is 26.7. The van der Waals surface area contributed by atoms with Gasteiger partial charge < -0.3 is 167 Å². The fourth-order valence-electron chi connectivity index (χ4n) is 0.548. The van der Waals surface area contributed by atoms with E-state index < -0.39 is 102 Å². The minimum Gasteiger partial charge on any atom is -0.796 e. The first-order chi connectivity index (χ1) is 20.5. The van der Waals surface area contributed by atoms with Crippen molar-refractivity contribution < 1.29 is 186 Å². The quantitative estimate of drug-likeness (QED) is 0.129. The average Bonchev–Trinajstić information content (AvgIpc) is 2.57. The molecule has 0 unspecified atom stereocenters. The molecule has 0 saturated carbocycles. The summed E-state index contributed by atoms with van der Waals surface area (Å²) in [5, 5.41) is 0. The molecular weight excluding hydrogens is 1360 g/mol. The molecule has 0 aromatic heterocycles. The van der Waals surface area contributed by atoms with E-state index in [4.69, 9.17) is 0 Å². The van der Waals surface area contributed by atoms with Crippen molar-refractivity contribution in [3.05, 3.63) is 0 Å². The minimum atomic E-state index is -5.30. The van der Waals surface area contributed by atoms with Crippen LogP contribution in [0, 0.1) is 0 Å². The summed E-state index contributed by atoms with van der Waals surface area (Å²) in [6.45, 7) is 0. The molecule has 0 heterocycles. The summed E-state index contributed by atoms with van der Waals surface area (Å²) in [6, 6.07) is 0. The molecule has 0 N–H and O–H groups in total. The van der Waals surface area contributed by atoms with E-state index in [2.05, 4.69) is 25.3 Å². The van der Waals surface area contributed by atoms with Gasteiger partial charge in [-0.1, -0.05) is 0 Å². The van der Waals surface area contributed by atoms with E-state index in [-0.39, 0.29) is 329 Å². The Bertz CT molecular complexity index is 1100. The zero-order chi connectivity index (χ0) is 40.7. The Morgan fingerprint density at radius 1 is 0.263 bits per heavy atom. The van der Waals surface area contributed by atoms with E-state index in [0.717, 1.165) is 0 Å². The van der Waals surface area contributed by atoms with Gasteiger partial charge in [-0.05, 0) is 0 Å². The molecule has 57 heteroatoms. The molecule has 0 bridgehead atoms. The predicted octanol–water partition coefficient (Wildman–Crippen LogP) is -23.4. The Labute approximate surface area is 583 Å². The monoisotopic (exact) mass is 1360 g/mol. The third-order valence-electron chi connectivity index (χ3n) is 1.12. The van der Waals surface area contributed by atoms with Crippen molar-refractivity contribution in [3.8, 4) is 0 Å². The second kappa shape index (κ2) is 56.4. The van der Waals surface area contributed by atoms with Gasteiger partial charge in [-0.3, -0.25) is 0 Å². The summed E-state index contributed by atoms with van der Waals surface area (Å²) in [5.74, 6) is 0. The molecule has 36 nitrogen and oxygen atoms in total. The van der Waals surface area contributed by atoms with Gasteiger partial charge in [-0.15, -0.1) is 0 Å². The molecule has 0 rings (SSSR count). The first-order valence-corrected chi connectivity index (χ1v) is 24.2. The van der Waals surface area contributed by atoms with E-state index >= 15 is 0 Å². The van der Waals surface area contributed by atoms with Gasteiger partial charge in [0.25, 0.3) is 0 Å². The molecule has 288 valence electrons. The predicted molar refractivity (Wildman–Crippen MR) is 137 cm³/mol. The van der Waals surface area contributed by atoms with Crippen LogP contribution >= 0.6 is 46.9 Å². The summed E-state index contributed by atoms with van der Waals surface area (Å²) in [6.07, 6.45) is 0. The molecule has 0 atom stereocenters. The Morgan fingerprint density at radius 3 is 0.316 bits per heavy atom. The van der Waals surface area contributed by atoms with Gasteiger partial charge in [0.15, 0.2) is 0 Å². The Hall–Kier alpha value is 9.52. The van der Waals surface area contributed by atoms with Gasteiger partial charge in [-0.25, -0.2) is 0 Å². The summed E-state index contributed by atoms with van der Waals surface area (Å²) < 4.78 is 129. The van der Waals surface area contributed by atoms with Crippen LogP contribution in [-0.4, -0.2) is 365 Å². The first kappa shape index (κ1) is 108. The third-order valence-corrected chi connectivity index (χ3v) is 10.1. The normalized spacial score (nSPS) is 9.05. The maximum Gasteiger partial charge on any atom is 2.00 e. The Balaban J connectivity index is -0.0000000277. The summed E-state index contributed by atoms with van der Waals surface area (Å²) in [4.78, 5) is 168. The van der Waals surface area contributed by atoms with Crippen molar-refractivity contribution in [2.24, 2.45) is 0 Å². The third kappa shape index (κ3) is 169. The van der Waals surface area contributed by atoms with Crippen LogP contribution in [0.25, 0.3) is 0 Å². The summed E-state index contributed by atoms with van der Waals surface area (Å²) in [5.41, 5.74) is 0. The van der Waals surface area contributed by atoms with Crippen LogP contribution in [0.2, 0.25) is 0 Å². The second-order valence-electron chi connectivity index (χ2n) is 4.73. The standard InChI is InChI=1S/7Ca.6H2O6PSi.Sr.Zn/c;;;;;;;6*1-7(2,3)6-8(4)5;;/h;;;;;;;6*(H2,1,2,3);;/q7*+2;6*-1;2*+2/p-12. The maximum atomic E-state index is 9.32. The van der Waals surface area contributed by atoms with Crippen molar-refractivity contribution in [2.75, 3.05) is 0 Å². The molecule has 57 heavy (non-hydrogen) atoms. The summed E-state index contributed by atoms with van der Waals surface area (Å²) >= 11 is 0. The van der Waals surface area contributed by atoms with E-state index in [1.165, 1.54) is 0 Å². The molecular formula is Ca7O36P6Si6SrZn. The van der Waals surface area contributed by atoms with Crippen molar-refractivity contribution in [2.45, 2.75) is 0 Å². The molecule has 0 aromatic carbocycles. The zero-order valence-corrected chi connectivity index (χ0v) is 60.0. The van der Waals surface area contributed by atoms with Gasteiger partial charge in [0.1, 0.15) is 0 Å². The smallest absolute Gasteiger partial charge is 0.796 e. The van der Waals surface area contributed by atoms with Crippen molar-refractivity contribution >= 4 is 412 Å². The van der Waals surface area contributed by atoms with Gasteiger partial charge in [0.2, 0.25) is 0 Å². The van der Waals surface area contributed by atoms with Crippen LogP contribution in [0.4, 0.5) is 0 Å². The van der Waals surface area contributed by atoms with E-state index in [1.807, 2.05) is 0 Å². The van der Waals surface area contributed by atoms with Crippen LogP contribution in [0.1, 0.15) is 0 Å². The first-order valence-electron chi connectivity index (χ1n) is 8.06. The van der Waals surface area contributed by atoms with Crippen molar-refractivity contribution in [1.82, 2.24) is 0 Å². The number of rotatable bonds is 12. The molecule has 0 aliphatic rings. The fraction of sp³-hybridized carbons (Fsp3) is 0. The van der Waals surface area contributed by atoms with Crippen LogP contribution in [0.5, 0.6) is 0 Å². The average molecular weight is 1360 g/mol. The topological polar surface area (TPSA) is 675 Å². The number of hydrogen-bond acceptors (Lipinski definition) is 36. The van der Waals surface area contributed by atoms with Gasteiger partial charge in [0.05, 0.1) is 0 Å². The maximum absolute atomic E-state index is 9.32. The Kier molecular flexibility index (Phi) is 107. The number of hydrogen-bond donors (Lipinski definition) is 0.